The molecule has 21 heavy (non-hydrogen) atoms. The number of nitrogens with one attached hydrogen (secondary N) is 1. The average molecular weight is 311 g/mol. The van der Waals surface area contributed by atoms with Gasteiger partial charge in [-0.25, -0.2) is 0 Å². The molecule has 118 valence electrons. The fourth-order valence-corrected chi connectivity index (χ4v) is 3.75. The minimum atomic E-state index is 0. The Bertz CT molecular complexity index is 472. The molecule has 2 saturated heterocycles. The maximum absolute atomic E-state index is 5.43. The van der Waals surface area contributed by atoms with Gasteiger partial charge in [-0.2, -0.15) is 0 Å². The molecule has 1 spiro atoms. The van der Waals surface area contributed by atoms with Crippen LogP contribution in [0.4, 0.5) is 0 Å². The Morgan fingerprint density at radius 2 is 2.00 bits per heavy atom. The molecule has 3 nitrogen and oxygen atoms in total. The van der Waals surface area contributed by atoms with Crippen molar-refractivity contribution in [3.05, 3.63) is 29.3 Å². The van der Waals surface area contributed by atoms with E-state index < -0.39 is 0 Å². The predicted octanol–water partition coefficient (Wildman–Crippen LogP) is 3.00. The van der Waals surface area contributed by atoms with Gasteiger partial charge in [0, 0.05) is 13.1 Å². The summed E-state index contributed by atoms with van der Waals surface area (Å²) in [5.74, 6) is 1.01. The van der Waals surface area contributed by atoms with Crippen LogP contribution in [0.15, 0.2) is 18.2 Å². The molecule has 0 radical (unpaired) electrons. The van der Waals surface area contributed by atoms with Crippen LogP contribution in [0.5, 0.6) is 5.75 Å². The number of aryl methyl sites for hydroxylation is 1. The molecule has 4 heteroatoms. The Labute approximate surface area is 134 Å². The number of likely N-dealkylation sites (tertiary alicyclic amines) is 1. The highest BCUT2D eigenvalue weighted by Gasteiger charge is 2.38. The molecule has 1 N–H and O–H groups in total. The molecule has 1 aromatic rings. The number of hydrogen-bond donors (Lipinski definition) is 1. The lowest BCUT2D eigenvalue weighted by atomic mass is 9.78. The maximum Gasteiger partial charge on any atom is 0.122 e. The minimum Gasteiger partial charge on any atom is -0.496 e. The smallest absolute Gasteiger partial charge is 0.122 e. The lowest BCUT2D eigenvalue weighted by molar-refractivity contribution is 0.194. The van der Waals surface area contributed by atoms with E-state index >= 15 is 0 Å². The highest BCUT2D eigenvalue weighted by Crippen LogP contribution is 2.39. The first kappa shape index (κ1) is 16.6. The van der Waals surface area contributed by atoms with Gasteiger partial charge in [0.05, 0.1) is 7.11 Å². The zero-order valence-electron chi connectivity index (χ0n) is 13.2. The summed E-state index contributed by atoms with van der Waals surface area (Å²) in [4.78, 5) is 2.62. The van der Waals surface area contributed by atoms with Gasteiger partial charge in [-0.05, 0) is 68.4 Å². The van der Waals surface area contributed by atoms with Crippen LogP contribution in [0.3, 0.4) is 0 Å². The second-order valence-electron chi connectivity index (χ2n) is 6.51. The van der Waals surface area contributed by atoms with Gasteiger partial charge in [0.1, 0.15) is 5.75 Å². The summed E-state index contributed by atoms with van der Waals surface area (Å²) in [5, 5.41) is 3.49. The summed E-state index contributed by atoms with van der Waals surface area (Å²) in [6.07, 6.45) is 4.07. The zero-order valence-corrected chi connectivity index (χ0v) is 14.0. The number of benzene rings is 1. The predicted molar refractivity (Wildman–Crippen MR) is 89.4 cm³/mol. The molecule has 0 aromatic heterocycles. The summed E-state index contributed by atoms with van der Waals surface area (Å²) < 4.78 is 5.43. The van der Waals surface area contributed by atoms with Gasteiger partial charge in [-0.1, -0.05) is 12.1 Å². The van der Waals surface area contributed by atoms with Crippen LogP contribution < -0.4 is 10.1 Å². The van der Waals surface area contributed by atoms with E-state index in [1.807, 2.05) is 0 Å². The Morgan fingerprint density at radius 3 is 2.71 bits per heavy atom. The molecule has 0 bridgehead atoms. The third-order valence-corrected chi connectivity index (χ3v) is 5.06. The summed E-state index contributed by atoms with van der Waals surface area (Å²) in [6.45, 7) is 8.08. The van der Waals surface area contributed by atoms with E-state index in [1.54, 1.807) is 7.11 Å². The van der Waals surface area contributed by atoms with Crippen LogP contribution in [0.2, 0.25) is 0 Å². The molecule has 0 atom stereocenters. The molecular weight excluding hydrogens is 284 g/mol. The van der Waals surface area contributed by atoms with Crippen molar-refractivity contribution < 1.29 is 4.74 Å². The van der Waals surface area contributed by atoms with E-state index in [1.165, 1.54) is 56.6 Å². The lowest BCUT2D eigenvalue weighted by Gasteiger charge is -2.34. The molecule has 2 fully saturated rings. The van der Waals surface area contributed by atoms with Crippen molar-refractivity contribution in [2.45, 2.75) is 32.7 Å². The monoisotopic (exact) mass is 310 g/mol. The van der Waals surface area contributed by atoms with Crippen LogP contribution >= 0.6 is 12.4 Å². The van der Waals surface area contributed by atoms with Crippen molar-refractivity contribution in [3.63, 3.8) is 0 Å². The summed E-state index contributed by atoms with van der Waals surface area (Å²) in [6, 6.07) is 6.61. The molecule has 0 aliphatic carbocycles. The van der Waals surface area contributed by atoms with Crippen molar-refractivity contribution in [1.82, 2.24) is 10.2 Å². The van der Waals surface area contributed by atoms with Crippen molar-refractivity contribution in [3.8, 4) is 5.75 Å². The molecule has 0 amide bonds. The number of ether oxygens (including phenoxy) is 1. The van der Waals surface area contributed by atoms with E-state index in [2.05, 4.69) is 35.3 Å². The van der Waals surface area contributed by atoms with Gasteiger partial charge in [-0.3, -0.25) is 4.90 Å². The van der Waals surface area contributed by atoms with Gasteiger partial charge < -0.3 is 10.1 Å². The third kappa shape index (κ3) is 3.71. The molecule has 2 aliphatic rings. The second-order valence-corrected chi connectivity index (χ2v) is 6.51. The third-order valence-electron chi connectivity index (χ3n) is 5.06. The van der Waals surface area contributed by atoms with Crippen molar-refractivity contribution in [2.75, 3.05) is 33.3 Å². The largest absolute Gasteiger partial charge is 0.496 e. The van der Waals surface area contributed by atoms with Crippen molar-refractivity contribution in [1.29, 1.82) is 0 Å². The Morgan fingerprint density at radius 1 is 1.24 bits per heavy atom. The number of rotatable bonds is 3. The second kappa shape index (κ2) is 6.99. The summed E-state index contributed by atoms with van der Waals surface area (Å²) >= 11 is 0. The highest BCUT2D eigenvalue weighted by molar-refractivity contribution is 5.85. The molecule has 0 saturated carbocycles. The molecule has 3 rings (SSSR count). The van der Waals surface area contributed by atoms with E-state index in [0.717, 1.165) is 12.3 Å². The Kier molecular flexibility index (Phi) is 5.53. The number of piperidine rings is 1. The number of halogens is 1. The maximum atomic E-state index is 5.43. The van der Waals surface area contributed by atoms with E-state index in [-0.39, 0.29) is 12.4 Å². The Hall–Kier alpha value is -0.770. The number of hydrogen-bond acceptors (Lipinski definition) is 3. The highest BCUT2D eigenvalue weighted by atomic mass is 35.5. The van der Waals surface area contributed by atoms with Crippen LogP contribution in [0.25, 0.3) is 0 Å². The van der Waals surface area contributed by atoms with Gasteiger partial charge in [0.25, 0.3) is 0 Å². The molecule has 2 heterocycles. The summed E-state index contributed by atoms with van der Waals surface area (Å²) in [5.41, 5.74) is 3.19. The first-order valence-corrected chi connectivity index (χ1v) is 7.77. The zero-order chi connectivity index (χ0) is 14.0. The van der Waals surface area contributed by atoms with Crippen molar-refractivity contribution >= 4 is 12.4 Å². The Balaban J connectivity index is 0.00000161. The quantitative estimate of drug-likeness (QED) is 0.929. The minimum absolute atomic E-state index is 0. The van der Waals surface area contributed by atoms with Gasteiger partial charge in [-0.15, -0.1) is 12.4 Å². The fraction of sp³-hybridized carbons (Fsp3) is 0.647. The van der Waals surface area contributed by atoms with Crippen LogP contribution in [-0.4, -0.2) is 38.2 Å². The van der Waals surface area contributed by atoms with E-state index in [9.17, 15) is 0 Å². The first-order chi connectivity index (χ1) is 9.71. The molecule has 0 unspecified atom stereocenters. The standard InChI is InChI=1S/C17H26N2O.ClH/c1-14-3-4-15(11-16(14)20-2)12-19-10-7-17(13-19)5-8-18-9-6-17;/h3-4,11,18H,5-10,12-13H2,1-2H3;1H. The number of methoxy groups -OCH3 is 1. The first-order valence-electron chi connectivity index (χ1n) is 7.77. The van der Waals surface area contributed by atoms with Crippen LogP contribution in [0.1, 0.15) is 30.4 Å². The van der Waals surface area contributed by atoms with Gasteiger partial charge >= 0.3 is 0 Å². The van der Waals surface area contributed by atoms with Crippen molar-refractivity contribution in [2.24, 2.45) is 5.41 Å². The van der Waals surface area contributed by atoms with E-state index in [4.69, 9.17) is 4.74 Å². The van der Waals surface area contributed by atoms with Gasteiger partial charge in [0.15, 0.2) is 0 Å². The fourth-order valence-electron chi connectivity index (χ4n) is 3.75. The summed E-state index contributed by atoms with van der Waals surface area (Å²) in [7, 11) is 1.76. The topological polar surface area (TPSA) is 24.5 Å². The molecular formula is C17H27ClN2O. The van der Waals surface area contributed by atoms with E-state index in [0.29, 0.717) is 5.41 Å². The van der Waals surface area contributed by atoms with Crippen LogP contribution in [0, 0.1) is 12.3 Å². The normalized spacial score (nSPS) is 21.2. The number of nitrogens with zero attached hydrogens (tertiary/aromatic N) is 1. The average Bonchev–Trinajstić information content (AvgIpc) is 2.84. The molecule has 1 aromatic carbocycles. The lowest BCUT2D eigenvalue weighted by Crippen LogP contribution is -2.38. The SMILES string of the molecule is COc1cc(CN2CCC3(CCNCC3)C2)ccc1C.Cl. The van der Waals surface area contributed by atoms with Crippen LogP contribution in [-0.2, 0) is 6.54 Å². The van der Waals surface area contributed by atoms with Gasteiger partial charge in [0.2, 0.25) is 0 Å². The molecule has 2 aliphatic heterocycles.